The van der Waals surface area contributed by atoms with Crippen LogP contribution < -0.4 is 20.1 Å². The molecule has 1 heterocycles. The fourth-order valence-electron chi connectivity index (χ4n) is 3.61. The van der Waals surface area contributed by atoms with Crippen LogP contribution in [0.3, 0.4) is 0 Å². The van der Waals surface area contributed by atoms with Gasteiger partial charge in [-0.05, 0) is 63.1 Å². The number of aryl methyl sites for hydroxylation is 2. The maximum Gasteiger partial charge on any atom is 0.338 e. The Bertz CT molecular complexity index is 1180. The number of amides is 1. The average molecular weight is 498 g/mol. The minimum absolute atomic E-state index is 0.146. The molecule has 35 heavy (non-hydrogen) atoms. The number of aliphatic imine (C=N–C) groups is 1. The summed E-state index contributed by atoms with van der Waals surface area (Å²) in [6.45, 7) is 7.82. The Hall–Kier alpha value is -3.46. The van der Waals surface area contributed by atoms with E-state index in [1.807, 2.05) is 38.1 Å². The Kier molecular flexibility index (Phi) is 8.81. The molecule has 186 valence electrons. The molecule has 0 saturated carbocycles. The number of carbonyl (C=O) groups excluding carboxylic acids is 2. The summed E-state index contributed by atoms with van der Waals surface area (Å²) in [6.07, 6.45) is 0. The molecule has 0 aliphatic carbocycles. The van der Waals surface area contributed by atoms with Gasteiger partial charge < -0.3 is 24.8 Å². The summed E-state index contributed by atoms with van der Waals surface area (Å²) in [5, 5.41) is 6.59. The van der Waals surface area contributed by atoms with Crippen molar-refractivity contribution in [1.82, 2.24) is 5.32 Å². The van der Waals surface area contributed by atoms with Crippen LogP contribution in [-0.4, -0.2) is 43.6 Å². The highest BCUT2D eigenvalue weighted by Gasteiger charge is 2.32. The van der Waals surface area contributed by atoms with Crippen molar-refractivity contribution in [3.8, 4) is 11.5 Å². The lowest BCUT2D eigenvalue weighted by Gasteiger charge is -2.26. The zero-order valence-corrected chi connectivity index (χ0v) is 21.7. The van der Waals surface area contributed by atoms with E-state index in [0.717, 1.165) is 16.8 Å². The smallest absolute Gasteiger partial charge is 0.338 e. The standard InChI is InChI=1S/C26H31N3O5S/c1-7-34-25(31)23-17(4)27-26(29-24(23)20-11-10-19(32-5)13-21(20)33-6)35-14-22(30)28-18-9-8-15(2)16(3)12-18/h8-13,24H,7,14H2,1-6H3,(H,27,29)(H,28,30)/t24-/m1/s1. The number of thioether (sulfide) groups is 1. The van der Waals surface area contributed by atoms with E-state index >= 15 is 0 Å². The monoisotopic (exact) mass is 497 g/mol. The number of carbonyl (C=O) groups is 2. The van der Waals surface area contributed by atoms with Crippen molar-refractivity contribution in [2.45, 2.75) is 33.7 Å². The zero-order valence-electron chi connectivity index (χ0n) is 20.9. The number of esters is 1. The van der Waals surface area contributed by atoms with Crippen LogP contribution in [0.1, 0.15) is 36.6 Å². The Morgan fingerprint density at radius 3 is 2.49 bits per heavy atom. The second kappa shape index (κ2) is 11.8. The van der Waals surface area contributed by atoms with Gasteiger partial charge in [0.05, 0.1) is 32.2 Å². The van der Waals surface area contributed by atoms with Gasteiger partial charge in [0.15, 0.2) is 5.17 Å². The van der Waals surface area contributed by atoms with Gasteiger partial charge in [0.2, 0.25) is 5.91 Å². The minimum Gasteiger partial charge on any atom is -0.497 e. The van der Waals surface area contributed by atoms with E-state index in [9.17, 15) is 9.59 Å². The summed E-state index contributed by atoms with van der Waals surface area (Å²) in [7, 11) is 3.12. The Morgan fingerprint density at radius 2 is 1.83 bits per heavy atom. The van der Waals surface area contributed by atoms with E-state index < -0.39 is 12.0 Å². The number of rotatable bonds is 8. The zero-order chi connectivity index (χ0) is 25.5. The van der Waals surface area contributed by atoms with Crippen molar-refractivity contribution in [2.75, 3.05) is 31.9 Å². The van der Waals surface area contributed by atoms with Gasteiger partial charge in [-0.25, -0.2) is 9.79 Å². The van der Waals surface area contributed by atoms with Gasteiger partial charge in [-0.2, -0.15) is 0 Å². The number of nitrogens with zero attached hydrogens (tertiary/aromatic N) is 1. The number of amidine groups is 1. The fraction of sp³-hybridized carbons (Fsp3) is 0.346. The molecule has 0 fully saturated rings. The molecule has 1 aliphatic heterocycles. The van der Waals surface area contributed by atoms with Crippen molar-refractivity contribution < 1.29 is 23.8 Å². The summed E-state index contributed by atoms with van der Waals surface area (Å²) in [5.74, 6) is 0.693. The largest absolute Gasteiger partial charge is 0.497 e. The van der Waals surface area contributed by atoms with Gasteiger partial charge in [-0.3, -0.25) is 4.79 Å². The van der Waals surface area contributed by atoms with Crippen molar-refractivity contribution in [3.05, 3.63) is 64.4 Å². The van der Waals surface area contributed by atoms with Gasteiger partial charge in [0.25, 0.3) is 0 Å². The summed E-state index contributed by atoms with van der Waals surface area (Å²) >= 11 is 1.26. The highest BCUT2D eigenvalue weighted by Crippen LogP contribution is 2.39. The first-order chi connectivity index (χ1) is 16.8. The van der Waals surface area contributed by atoms with Crippen molar-refractivity contribution >= 4 is 34.5 Å². The maximum atomic E-state index is 12.8. The van der Waals surface area contributed by atoms with Crippen LogP contribution in [0.25, 0.3) is 0 Å². The lowest BCUT2D eigenvalue weighted by atomic mass is 9.95. The molecule has 2 N–H and O–H groups in total. The molecular weight excluding hydrogens is 466 g/mol. The van der Waals surface area contributed by atoms with Crippen molar-refractivity contribution in [1.29, 1.82) is 0 Å². The van der Waals surface area contributed by atoms with Gasteiger partial charge in [-0.15, -0.1) is 0 Å². The number of benzene rings is 2. The Balaban J connectivity index is 1.84. The second-order valence-corrected chi connectivity index (χ2v) is 8.93. The summed E-state index contributed by atoms with van der Waals surface area (Å²) in [5.41, 5.74) is 4.71. The predicted molar refractivity (Wildman–Crippen MR) is 139 cm³/mol. The number of hydrogen-bond acceptors (Lipinski definition) is 8. The van der Waals surface area contributed by atoms with Crippen molar-refractivity contribution in [3.63, 3.8) is 0 Å². The third-order valence-corrected chi connectivity index (χ3v) is 6.47. The first-order valence-corrected chi connectivity index (χ1v) is 12.2. The Morgan fingerprint density at radius 1 is 1.06 bits per heavy atom. The van der Waals surface area contributed by atoms with E-state index in [2.05, 4.69) is 10.6 Å². The molecule has 2 aromatic rings. The fourth-order valence-corrected chi connectivity index (χ4v) is 4.36. The Labute approximate surface area is 210 Å². The summed E-state index contributed by atoms with van der Waals surface area (Å²) < 4.78 is 16.2. The topological polar surface area (TPSA) is 98.2 Å². The molecule has 0 saturated heterocycles. The number of methoxy groups -OCH3 is 2. The van der Waals surface area contributed by atoms with Crippen LogP contribution in [-0.2, 0) is 14.3 Å². The molecule has 1 aliphatic rings. The molecule has 0 radical (unpaired) electrons. The first kappa shape index (κ1) is 26.2. The van der Waals surface area contributed by atoms with E-state index in [1.165, 1.54) is 11.8 Å². The highest BCUT2D eigenvalue weighted by atomic mass is 32.2. The SMILES string of the molecule is CCOC(=O)C1=C(C)NC(SCC(=O)Nc2ccc(C)c(C)c2)=N[C@@H]1c1ccc(OC)cc1OC. The van der Waals surface area contributed by atoms with E-state index in [1.54, 1.807) is 40.2 Å². The summed E-state index contributed by atoms with van der Waals surface area (Å²) in [4.78, 5) is 30.2. The van der Waals surface area contributed by atoms with E-state index in [0.29, 0.717) is 33.5 Å². The molecule has 2 aromatic carbocycles. The third kappa shape index (κ3) is 6.36. The second-order valence-electron chi connectivity index (χ2n) is 7.96. The molecule has 1 atom stereocenters. The number of anilines is 1. The molecular formula is C26H31N3O5S. The molecule has 0 bridgehead atoms. The number of ether oxygens (including phenoxy) is 3. The quantitative estimate of drug-likeness (QED) is 0.517. The number of allylic oxidation sites excluding steroid dienone is 1. The van der Waals surface area contributed by atoms with Gasteiger partial charge in [0.1, 0.15) is 17.5 Å². The predicted octanol–water partition coefficient (Wildman–Crippen LogP) is 4.53. The number of nitrogens with one attached hydrogen (secondary N) is 2. The van der Waals surface area contributed by atoms with Gasteiger partial charge in [0, 0.05) is 23.0 Å². The molecule has 0 spiro atoms. The minimum atomic E-state index is -0.665. The van der Waals surface area contributed by atoms with Crippen molar-refractivity contribution in [2.24, 2.45) is 4.99 Å². The molecule has 8 nitrogen and oxygen atoms in total. The molecule has 0 unspecified atom stereocenters. The summed E-state index contributed by atoms with van der Waals surface area (Å²) in [6, 6.07) is 10.5. The first-order valence-electron chi connectivity index (χ1n) is 11.2. The molecule has 3 rings (SSSR count). The normalized spacial score (nSPS) is 15.1. The molecule has 0 aromatic heterocycles. The van der Waals surface area contributed by atoms with Crippen LogP contribution in [0.5, 0.6) is 11.5 Å². The highest BCUT2D eigenvalue weighted by molar-refractivity contribution is 8.14. The lowest BCUT2D eigenvalue weighted by Crippen LogP contribution is -2.31. The van der Waals surface area contributed by atoms with Crippen LogP contribution >= 0.6 is 11.8 Å². The lowest BCUT2D eigenvalue weighted by molar-refractivity contribution is -0.139. The third-order valence-electron chi connectivity index (χ3n) is 5.58. The average Bonchev–Trinajstić information content (AvgIpc) is 2.84. The van der Waals surface area contributed by atoms with E-state index in [-0.39, 0.29) is 18.3 Å². The molecule has 9 heteroatoms. The maximum absolute atomic E-state index is 12.8. The van der Waals surface area contributed by atoms with Crippen LogP contribution in [0, 0.1) is 13.8 Å². The van der Waals surface area contributed by atoms with Crippen LogP contribution in [0.2, 0.25) is 0 Å². The van der Waals surface area contributed by atoms with Crippen LogP contribution in [0.4, 0.5) is 5.69 Å². The van der Waals surface area contributed by atoms with Gasteiger partial charge in [-0.1, -0.05) is 17.8 Å². The molecule has 1 amide bonds. The van der Waals surface area contributed by atoms with Gasteiger partial charge >= 0.3 is 5.97 Å². The van der Waals surface area contributed by atoms with E-state index in [4.69, 9.17) is 19.2 Å². The van der Waals surface area contributed by atoms with Crippen LogP contribution in [0.15, 0.2) is 52.7 Å². The number of hydrogen-bond donors (Lipinski definition) is 2.